The van der Waals surface area contributed by atoms with Gasteiger partial charge in [-0.1, -0.05) is 12.8 Å². The van der Waals surface area contributed by atoms with Crippen molar-refractivity contribution in [1.82, 2.24) is 15.3 Å². The number of aryl methyl sites for hydroxylation is 1. The number of anilines is 3. The molecular formula is C25H33FN6O4. The molecule has 0 unspecified atom stereocenters. The number of carbonyl (C=O) groups excluding carboxylic acids is 3. The highest BCUT2D eigenvalue weighted by Gasteiger charge is 2.30. The Balaban J connectivity index is 1.87. The Morgan fingerprint density at radius 3 is 2.36 bits per heavy atom. The number of hydrogen-bond acceptors (Lipinski definition) is 8. The molecule has 36 heavy (non-hydrogen) atoms. The van der Waals surface area contributed by atoms with Crippen LogP contribution in [-0.2, 0) is 4.74 Å². The summed E-state index contributed by atoms with van der Waals surface area (Å²) >= 11 is 0. The molecule has 0 aliphatic heterocycles. The normalized spacial score (nSPS) is 17.7. The molecule has 3 rings (SSSR count). The summed E-state index contributed by atoms with van der Waals surface area (Å²) in [4.78, 5) is 44.7. The summed E-state index contributed by atoms with van der Waals surface area (Å²) in [6.45, 7) is 8.47. The van der Waals surface area contributed by atoms with Crippen LogP contribution in [0.3, 0.4) is 0 Å². The molecule has 2 aromatic rings. The largest absolute Gasteiger partial charge is 0.444 e. The zero-order valence-corrected chi connectivity index (χ0v) is 21.2. The van der Waals surface area contributed by atoms with Crippen molar-refractivity contribution in [2.24, 2.45) is 5.73 Å². The topological polar surface area (TPSA) is 148 Å². The maximum absolute atomic E-state index is 15.0. The molecule has 0 saturated heterocycles. The second kappa shape index (κ2) is 10.9. The molecule has 1 fully saturated rings. The zero-order valence-electron chi connectivity index (χ0n) is 21.2. The van der Waals surface area contributed by atoms with Crippen molar-refractivity contribution >= 4 is 35.1 Å². The van der Waals surface area contributed by atoms with Crippen LogP contribution in [0.5, 0.6) is 0 Å². The summed E-state index contributed by atoms with van der Waals surface area (Å²) in [5.74, 6) is -1.89. The van der Waals surface area contributed by atoms with Gasteiger partial charge in [0.15, 0.2) is 17.4 Å². The van der Waals surface area contributed by atoms with Crippen LogP contribution in [0.25, 0.3) is 0 Å². The second-order valence-electron chi connectivity index (χ2n) is 9.91. The molecule has 194 valence electrons. The Bertz CT molecular complexity index is 1160. The first-order chi connectivity index (χ1) is 16.8. The molecule has 0 spiro atoms. The van der Waals surface area contributed by atoms with E-state index in [2.05, 4.69) is 25.9 Å². The molecule has 2 atom stereocenters. The smallest absolute Gasteiger partial charge is 0.407 e. The van der Waals surface area contributed by atoms with Crippen molar-refractivity contribution < 1.29 is 23.5 Å². The van der Waals surface area contributed by atoms with Crippen molar-refractivity contribution in [2.45, 2.75) is 78.0 Å². The molecule has 0 bridgehead atoms. The van der Waals surface area contributed by atoms with E-state index in [-0.39, 0.29) is 35.1 Å². The number of hydrogen-bond donors (Lipinski definition) is 4. The van der Waals surface area contributed by atoms with Gasteiger partial charge in [-0.2, -0.15) is 0 Å². The van der Waals surface area contributed by atoms with Gasteiger partial charge in [0, 0.05) is 17.3 Å². The third-order valence-electron chi connectivity index (χ3n) is 5.76. The predicted octanol–water partition coefficient (Wildman–Crippen LogP) is 4.22. The maximum atomic E-state index is 15.0. The number of nitrogens with one attached hydrogen (secondary N) is 3. The van der Waals surface area contributed by atoms with Crippen LogP contribution in [0, 0.1) is 12.7 Å². The zero-order chi connectivity index (χ0) is 26.6. The van der Waals surface area contributed by atoms with Gasteiger partial charge < -0.3 is 26.4 Å². The van der Waals surface area contributed by atoms with Crippen LogP contribution in [-0.4, -0.2) is 45.4 Å². The minimum Gasteiger partial charge on any atom is -0.444 e. The van der Waals surface area contributed by atoms with Gasteiger partial charge in [-0.05, 0) is 59.6 Å². The molecule has 2 heterocycles. The fraction of sp³-hybridized carbons (Fsp3) is 0.480. The lowest BCUT2D eigenvalue weighted by atomic mass is 9.90. The number of ether oxygens (including phenoxy) is 1. The average molecular weight is 501 g/mol. The van der Waals surface area contributed by atoms with E-state index in [0.29, 0.717) is 29.8 Å². The highest BCUT2D eigenvalue weighted by Crippen LogP contribution is 2.28. The molecule has 2 aromatic heterocycles. The van der Waals surface area contributed by atoms with Crippen molar-refractivity contribution in [2.75, 3.05) is 10.6 Å². The van der Waals surface area contributed by atoms with E-state index in [1.807, 2.05) is 0 Å². The third kappa shape index (κ3) is 6.89. The highest BCUT2D eigenvalue weighted by atomic mass is 19.1. The van der Waals surface area contributed by atoms with Gasteiger partial charge in [0.1, 0.15) is 11.4 Å². The van der Waals surface area contributed by atoms with E-state index >= 15 is 0 Å². The van der Waals surface area contributed by atoms with Gasteiger partial charge >= 0.3 is 6.09 Å². The summed E-state index contributed by atoms with van der Waals surface area (Å²) in [5.41, 5.74) is 6.01. The molecule has 1 aliphatic rings. The van der Waals surface area contributed by atoms with Crippen molar-refractivity contribution in [3.05, 3.63) is 41.0 Å². The van der Waals surface area contributed by atoms with Gasteiger partial charge in [0.2, 0.25) is 0 Å². The van der Waals surface area contributed by atoms with E-state index in [1.54, 1.807) is 33.8 Å². The van der Waals surface area contributed by atoms with Crippen LogP contribution < -0.4 is 21.7 Å². The lowest BCUT2D eigenvalue weighted by Crippen LogP contribution is -2.50. The monoisotopic (exact) mass is 500 g/mol. The number of aromatic nitrogens is 2. The summed E-state index contributed by atoms with van der Waals surface area (Å²) in [6.07, 6.45) is 4.08. The van der Waals surface area contributed by atoms with Gasteiger partial charge in [0.05, 0.1) is 23.5 Å². The van der Waals surface area contributed by atoms with Crippen LogP contribution in [0.4, 0.5) is 26.5 Å². The van der Waals surface area contributed by atoms with Crippen LogP contribution in [0.2, 0.25) is 0 Å². The highest BCUT2D eigenvalue weighted by molar-refractivity contribution is 5.99. The number of ketones is 1. The number of rotatable bonds is 7. The Hall–Kier alpha value is -3.76. The lowest BCUT2D eigenvalue weighted by Gasteiger charge is -2.34. The minimum absolute atomic E-state index is 0.0130. The Morgan fingerprint density at radius 2 is 1.75 bits per heavy atom. The number of amides is 2. The molecule has 1 saturated carbocycles. The molecule has 5 N–H and O–H groups in total. The van der Waals surface area contributed by atoms with E-state index in [1.165, 1.54) is 13.1 Å². The fourth-order valence-electron chi connectivity index (χ4n) is 4.08. The van der Waals surface area contributed by atoms with Gasteiger partial charge in [-0.3, -0.25) is 14.6 Å². The van der Waals surface area contributed by atoms with Gasteiger partial charge in [0.25, 0.3) is 5.91 Å². The Morgan fingerprint density at radius 1 is 1.08 bits per heavy atom. The van der Waals surface area contributed by atoms with Crippen molar-refractivity contribution in [3.8, 4) is 0 Å². The quantitative estimate of drug-likeness (QED) is 0.413. The van der Waals surface area contributed by atoms with Gasteiger partial charge in [-0.25, -0.2) is 14.2 Å². The first-order valence-electron chi connectivity index (χ1n) is 11.8. The predicted molar refractivity (Wildman–Crippen MR) is 134 cm³/mol. The maximum Gasteiger partial charge on any atom is 0.407 e. The summed E-state index contributed by atoms with van der Waals surface area (Å²) in [5, 5.41) is 8.88. The molecule has 0 radical (unpaired) electrons. The number of pyridine rings is 2. The Labute approximate surface area is 209 Å². The van der Waals surface area contributed by atoms with E-state index in [4.69, 9.17) is 10.5 Å². The van der Waals surface area contributed by atoms with Crippen LogP contribution in [0.15, 0.2) is 18.3 Å². The number of nitrogens with zero attached hydrogens (tertiary/aromatic N) is 2. The fourth-order valence-corrected chi connectivity index (χ4v) is 4.08. The first-order valence-corrected chi connectivity index (χ1v) is 11.8. The Kier molecular flexibility index (Phi) is 8.11. The van der Waals surface area contributed by atoms with Crippen molar-refractivity contribution in [1.29, 1.82) is 0 Å². The van der Waals surface area contributed by atoms with Crippen molar-refractivity contribution in [3.63, 3.8) is 0 Å². The third-order valence-corrected chi connectivity index (χ3v) is 5.76. The van der Waals surface area contributed by atoms with Gasteiger partial charge in [-0.15, -0.1) is 0 Å². The standard InChI is InChI=1S/C25H33FN6O4/c1-13-16(14(2)33)10-15(12-28-13)29-22-17(21(27)34)11-18(26)23(32-22)30-19-8-6-7-9-20(19)31-24(35)36-25(3,4)5/h10-12,19-20H,6-9H2,1-5H3,(H2,27,34)(H,31,35)(H2,29,30,32)/t19-,20+/m1/s1. The van der Waals surface area contributed by atoms with Crippen LogP contribution in [0.1, 0.15) is 79.8 Å². The molecular weight excluding hydrogens is 467 g/mol. The SMILES string of the molecule is CC(=O)c1cc(Nc2nc(N[C@@H]3CCCC[C@@H]3NC(=O)OC(C)(C)C)c(F)cc2C(N)=O)cnc1C. The number of carbonyl (C=O) groups is 3. The molecule has 2 amide bonds. The molecule has 0 aromatic carbocycles. The molecule has 11 heteroatoms. The number of primary amides is 1. The minimum atomic E-state index is -0.871. The number of nitrogens with two attached hydrogens (primary N) is 1. The number of alkyl carbamates (subject to hydrolysis) is 1. The van der Waals surface area contributed by atoms with Crippen LogP contribution >= 0.6 is 0 Å². The summed E-state index contributed by atoms with van der Waals surface area (Å²) in [6, 6.07) is 1.97. The van der Waals surface area contributed by atoms with E-state index < -0.39 is 23.4 Å². The summed E-state index contributed by atoms with van der Waals surface area (Å²) in [7, 11) is 0. The molecule has 1 aliphatic carbocycles. The second-order valence-corrected chi connectivity index (χ2v) is 9.91. The summed E-state index contributed by atoms with van der Waals surface area (Å²) < 4.78 is 20.4. The van der Waals surface area contributed by atoms with E-state index in [0.717, 1.165) is 18.9 Å². The molecule has 10 nitrogen and oxygen atoms in total. The number of halogens is 1. The average Bonchev–Trinajstić information content (AvgIpc) is 2.76. The number of Topliss-reactive ketones (excluding diaryl/α,β-unsaturated/α-hetero) is 1. The lowest BCUT2D eigenvalue weighted by molar-refractivity contribution is 0.0488. The van der Waals surface area contributed by atoms with E-state index in [9.17, 15) is 18.8 Å². The first kappa shape index (κ1) is 26.8.